The lowest BCUT2D eigenvalue weighted by Crippen LogP contribution is -2.32. The van der Waals surface area contributed by atoms with Crippen LogP contribution in [0.25, 0.3) is 0 Å². The van der Waals surface area contributed by atoms with E-state index in [1.807, 2.05) is 13.8 Å². The first-order valence-corrected chi connectivity index (χ1v) is 8.26. The Kier molecular flexibility index (Phi) is 6.08. The molecule has 0 aliphatic rings. The number of nitrogens with one attached hydrogen (secondary N) is 1. The van der Waals surface area contributed by atoms with Gasteiger partial charge in [0.25, 0.3) is 0 Å². The Labute approximate surface area is 124 Å². The smallest absolute Gasteiger partial charge is 0.242 e. The van der Waals surface area contributed by atoms with Crippen molar-refractivity contribution < 1.29 is 8.42 Å². The number of halogens is 2. The lowest BCUT2D eigenvalue weighted by molar-refractivity contribution is 0.544. The van der Waals surface area contributed by atoms with Crippen LogP contribution in [0.2, 0.25) is 10.0 Å². The molecule has 1 aromatic carbocycles. The summed E-state index contributed by atoms with van der Waals surface area (Å²) in [7, 11) is -3.69. The summed E-state index contributed by atoms with van der Waals surface area (Å²) in [6.07, 6.45) is 1.64. The molecule has 0 saturated heterocycles. The van der Waals surface area contributed by atoms with Crippen LogP contribution in [0.1, 0.15) is 32.3 Å². The van der Waals surface area contributed by atoms with Gasteiger partial charge < -0.3 is 5.73 Å². The van der Waals surface area contributed by atoms with Gasteiger partial charge in [0.1, 0.15) is 4.90 Å². The summed E-state index contributed by atoms with van der Waals surface area (Å²) in [4.78, 5) is -0.0231. The van der Waals surface area contributed by atoms with E-state index in [4.69, 9.17) is 28.9 Å². The van der Waals surface area contributed by atoms with Gasteiger partial charge in [0.15, 0.2) is 0 Å². The van der Waals surface area contributed by atoms with E-state index < -0.39 is 10.0 Å². The molecule has 0 heterocycles. The zero-order valence-electron chi connectivity index (χ0n) is 10.9. The molecular formula is C12H18Cl2N2O2S. The highest BCUT2D eigenvalue weighted by atomic mass is 35.5. The van der Waals surface area contributed by atoms with Gasteiger partial charge in [0, 0.05) is 17.6 Å². The van der Waals surface area contributed by atoms with Crippen LogP contribution in [0, 0.1) is 0 Å². The molecule has 0 spiro atoms. The summed E-state index contributed by atoms with van der Waals surface area (Å²) in [6.45, 7) is 3.93. The maximum absolute atomic E-state index is 12.3. The van der Waals surface area contributed by atoms with Gasteiger partial charge in [-0.1, -0.05) is 36.5 Å². The van der Waals surface area contributed by atoms with Crippen molar-refractivity contribution in [3.8, 4) is 0 Å². The van der Waals surface area contributed by atoms with Crippen LogP contribution in [0.3, 0.4) is 0 Å². The lowest BCUT2D eigenvalue weighted by Gasteiger charge is -2.15. The zero-order chi connectivity index (χ0) is 14.6. The first kappa shape index (κ1) is 16.7. The molecule has 0 fully saturated rings. The van der Waals surface area contributed by atoms with Gasteiger partial charge in [0.2, 0.25) is 10.0 Å². The highest BCUT2D eigenvalue weighted by Crippen LogP contribution is 2.29. The number of hydrogen-bond acceptors (Lipinski definition) is 3. The molecule has 1 unspecified atom stereocenters. The molecule has 0 saturated carbocycles. The third kappa shape index (κ3) is 4.33. The second-order valence-corrected chi connectivity index (χ2v) is 6.89. The molecule has 108 valence electrons. The molecule has 0 amide bonds. The molecule has 1 atom stereocenters. The summed E-state index contributed by atoms with van der Waals surface area (Å²) in [6, 6.07) is 2.74. The first-order chi connectivity index (χ1) is 8.81. The highest BCUT2D eigenvalue weighted by molar-refractivity contribution is 7.89. The SMILES string of the molecule is CCCC(C)NS(=O)(=O)c1cc(Cl)cc(CN)c1Cl. The Morgan fingerprint density at radius 3 is 2.53 bits per heavy atom. The summed E-state index contributed by atoms with van der Waals surface area (Å²) >= 11 is 12.0. The van der Waals surface area contributed by atoms with Crippen LogP contribution >= 0.6 is 23.2 Å². The molecule has 7 heteroatoms. The van der Waals surface area contributed by atoms with E-state index in [9.17, 15) is 8.42 Å². The number of benzene rings is 1. The van der Waals surface area contributed by atoms with E-state index in [1.165, 1.54) is 6.07 Å². The normalized spacial score (nSPS) is 13.5. The van der Waals surface area contributed by atoms with Crippen LogP contribution in [0.15, 0.2) is 17.0 Å². The van der Waals surface area contributed by atoms with Crippen molar-refractivity contribution in [3.63, 3.8) is 0 Å². The van der Waals surface area contributed by atoms with Crippen LogP contribution in [-0.4, -0.2) is 14.5 Å². The van der Waals surface area contributed by atoms with Crippen molar-refractivity contribution in [3.05, 3.63) is 27.7 Å². The van der Waals surface area contributed by atoms with E-state index in [0.29, 0.717) is 10.6 Å². The van der Waals surface area contributed by atoms with E-state index in [0.717, 1.165) is 12.8 Å². The van der Waals surface area contributed by atoms with E-state index in [-0.39, 0.29) is 22.5 Å². The van der Waals surface area contributed by atoms with E-state index >= 15 is 0 Å². The van der Waals surface area contributed by atoms with Gasteiger partial charge in [-0.2, -0.15) is 0 Å². The molecule has 1 aromatic rings. The molecule has 0 aliphatic carbocycles. The van der Waals surface area contributed by atoms with Crippen LogP contribution in [0.4, 0.5) is 0 Å². The Bertz CT molecular complexity index is 547. The molecule has 0 aromatic heterocycles. The fraction of sp³-hybridized carbons (Fsp3) is 0.500. The lowest BCUT2D eigenvalue weighted by atomic mass is 10.2. The monoisotopic (exact) mass is 324 g/mol. The standard InChI is InChI=1S/C12H18Cl2N2O2S/c1-3-4-8(2)16-19(17,18)11-6-10(13)5-9(7-15)12(11)14/h5-6,8,16H,3-4,7,15H2,1-2H3. The molecule has 0 radical (unpaired) electrons. The van der Waals surface area contributed by atoms with Crippen molar-refractivity contribution in [2.24, 2.45) is 5.73 Å². The minimum absolute atomic E-state index is 0.0231. The van der Waals surface area contributed by atoms with Gasteiger partial charge in [-0.05, 0) is 31.0 Å². The number of rotatable bonds is 6. The van der Waals surface area contributed by atoms with Crippen molar-refractivity contribution in [1.82, 2.24) is 4.72 Å². The Balaban J connectivity index is 3.18. The maximum atomic E-state index is 12.3. The van der Waals surface area contributed by atoms with Crippen LogP contribution in [0.5, 0.6) is 0 Å². The second kappa shape index (κ2) is 6.90. The molecule has 4 nitrogen and oxygen atoms in total. The summed E-state index contributed by atoms with van der Waals surface area (Å²) in [5.41, 5.74) is 6.03. The Hall–Kier alpha value is -0.330. The van der Waals surface area contributed by atoms with E-state index in [2.05, 4.69) is 4.72 Å². The molecule has 0 aliphatic heterocycles. The molecule has 1 rings (SSSR count). The van der Waals surface area contributed by atoms with E-state index in [1.54, 1.807) is 6.07 Å². The predicted molar refractivity (Wildman–Crippen MR) is 79.0 cm³/mol. The highest BCUT2D eigenvalue weighted by Gasteiger charge is 2.22. The largest absolute Gasteiger partial charge is 0.326 e. The first-order valence-electron chi connectivity index (χ1n) is 6.02. The summed E-state index contributed by atoms with van der Waals surface area (Å²) < 4.78 is 27.1. The minimum atomic E-state index is -3.69. The van der Waals surface area contributed by atoms with Gasteiger partial charge in [0.05, 0.1) is 5.02 Å². The molecule has 3 N–H and O–H groups in total. The Morgan fingerprint density at radius 2 is 2.00 bits per heavy atom. The maximum Gasteiger partial charge on any atom is 0.242 e. The number of hydrogen-bond donors (Lipinski definition) is 2. The van der Waals surface area contributed by atoms with Crippen LogP contribution < -0.4 is 10.5 Å². The fourth-order valence-electron chi connectivity index (χ4n) is 1.78. The molecule has 19 heavy (non-hydrogen) atoms. The fourth-order valence-corrected chi connectivity index (χ4v) is 4.00. The van der Waals surface area contributed by atoms with Gasteiger partial charge >= 0.3 is 0 Å². The van der Waals surface area contributed by atoms with Crippen molar-refractivity contribution >= 4 is 33.2 Å². The van der Waals surface area contributed by atoms with Gasteiger partial charge in [-0.15, -0.1) is 0 Å². The average molecular weight is 325 g/mol. The third-order valence-corrected chi connectivity index (χ3v) is 5.06. The van der Waals surface area contributed by atoms with Crippen molar-refractivity contribution in [2.45, 2.75) is 44.2 Å². The molecule has 0 bridgehead atoms. The minimum Gasteiger partial charge on any atom is -0.326 e. The van der Waals surface area contributed by atoms with Crippen LogP contribution in [-0.2, 0) is 16.6 Å². The van der Waals surface area contributed by atoms with Crippen molar-refractivity contribution in [1.29, 1.82) is 0 Å². The Morgan fingerprint density at radius 1 is 1.37 bits per heavy atom. The average Bonchev–Trinajstić information content (AvgIpc) is 2.31. The van der Waals surface area contributed by atoms with Gasteiger partial charge in [-0.25, -0.2) is 13.1 Å². The zero-order valence-corrected chi connectivity index (χ0v) is 13.2. The number of nitrogens with two attached hydrogens (primary N) is 1. The van der Waals surface area contributed by atoms with Crippen molar-refractivity contribution in [2.75, 3.05) is 0 Å². The van der Waals surface area contributed by atoms with Gasteiger partial charge in [-0.3, -0.25) is 0 Å². The quantitative estimate of drug-likeness (QED) is 0.845. The topological polar surface area (TPSA) is 72.2 Å². The number of sulfonamides is 1. The third-order valence-electron chi connectivity index (χ3n) is 2.67. The summed E-state index contributed by atoms with van der Waals surface area (Å²) in [5, 5.41) is 0.427. The predicted octanol–water partition coefficient (Wildman–Crippen LogP) is 2.92. The molecular weight excluding hydrogens is 307 g/mol. The summed E-state index contributed by atoms with van der Waals surface area (Å²) in [5.74, 6) is 0. The second-order valence-electron chi connectivity index (χ2n) is 4.39.